The Hall–Kier alpha value is -2.88. The van der Waals surface area contributed by atoms with Gasteiger partial charge in [-0.15, -0.1) is 13.2 Å². The second kappa shape index (κ2) is 8.29. The summed E-state index contributed by atoms with van der Waals surface area (Å²) in [6.07, 6.45) is -0.788. The molecule has 1 aromatic heterocycles. The Morgan fingerprint density at radius 2 is 2.04 bits per heavy atom. The molecule has 0 fully saturated rings. The largest absolute Gasteiger partial charge is 0.573 e. The molecule has 0 spiro atoms. The first-order valence-corrected chi connectivity index (χ1v) is 7.03. The summed E-state index contributed by atoms with van der Waals surface area (Å²) in [5, 5.41) is 6.29. The van der Waals surface area contributed by atoms with Gasteiger partial charge in [0.1, 0.15) is 18.1 Å². The summed E-state index contributed by atoms with van der Waals surface area (Å²) >= 11 is 5.64. The van der Waals surface area contributed by atoms with Gasteiger partial charge in [0, 0.05) is 18.0 Å². The molecule has 0 aliphatic rings. The first-order chi connectivity index (χ1) is 11.9. The molecular formula is C14H11ClF3N5O2. The van der Waals surface area contributed by atoms with Gasteiger partial charge in [0.25, 0.3) is 0 Å². The van der Waals surface area contributed by atoms with E-state index in [1.165, 1.54) is 36.8 Å². The van der Waals surface area contributed by atoms with Gasteiger partial charge < -0.3 is 14.8 Å². The van der Waals surface area contributed by atoms with Crippen LogP contribution >= 0.6 is 11.6 Å². The van der Waals surface area contributed by atoms with Gasteiger partial charge in [-0.1, -0.05) is 17.7 Å². The first-order valence-electron chi connectivity index (χ1n) is 6.65. The predicted octanol–water partition coefficient (Wildman–Crippen LogP) is 4.39. The summed E-state index contributed by atoms with van der Waals surface area (Å²) in [5.74, 6) is -0.374. The molecule has 2 N–H and O–H groups in total. The fourth-order valence-corrected chi connectivity index (χ4v) is 1.67. The van der Waals surface area contributed by atoms with Crippen molar-refractivity contribution in [2.75, 3.05) is 11.9 Å². The highest BCUT2D eigenvalue weighted by Gasteiger charge is 2.31. The Morgan fingerprint density at radius 1 is 1.32 bits per heavy atom. The van der Waals surface area contributed by atoms with Gasteiger partial charge in [-0.25, -0.2) is 15.5 Å². The van der Waals surface area contributed by atoms with Crippen LogP contribution in [0.1, 0.15) is 0 Å². The van der Waals surface area contributed by atoms with Crippen LogP contribution < -0.4 is 14.8 Å². The molecule has 0 saturated heterocycles. The van der Waals surface area contributed by atoms with Crippen molar-refractivity contribution >= 4 is 17.3 Å². The highest BCUT2D eigenvalue weighted by Crippen LogP contribution is 2.25. The Morgan fingerprint density at radius 3 is 2.68 bits per heavy atom. The number of aromatic nitrogens is 2. The molecule has 0 aliphatic carbocycles. The number of nitrogens with zero attached hydrogens (tertiary/aromatic N) is 3. The Bertz CT molecular complexity index is 753. The van der Waals surface area contributed by atoms with E-state index in [1.54, 1.807) is 0 Å². The smallest absolute Gasteiger partial charge is 0.457 e. The summed E-state index contributed by atoms with van der Waals surface area (Å²) in [4.78, 5) is 7.62. The van der Waals surface area contributed by atoms with E-state index in [1.807, 2.05) is 0 Å². The SMILES string of the molecule is N=N/C(=C\Nc1cccc(OC(F)(F)F)c1)COc1ncc(Cl)cn1. The van der Waals surface area contributed by atoms with Crippen LogP contribution in [0.15, 0.2) is 53.7 Å². The zero-order chi connectivity index (χ0) is 18.3. The molecular weight excluding hydrogens is 363 g/mol. The highest BCUT2D eigenvalue weighted by atomic mass is 35.5. The van der Waals surface area contributed by atoms with Crippen molar-refractivity contribution in [1.82, 2.24) is 9.97 Å². The second-order valence-electron chi connectivity index (χ2n) is 4.44. The maximum atomic E-state index is 12.2. The zero-order valence-electron chi connectivity index (χ0n) is 12.4. The lowest BCUT2D eigenvalue weighted by Gasteiger charge is -2.10. The van der Waals surface area contributed by atoms with E-state index >= 15 is 0 Å². The third-order valence-corrected chi connectivity index (χ3v) is 2.76. The lowest BCUT2D eigenvalue weighted by Crippen LogP contribution is -2.17. The summed E-state index contributed by atoms with van der Waals surface area (Å²) in [6.45, 7) is -0.128. The van der Waals surface area contributed by atoms with Gasteiger partial charge >= 0.3 is 12.4 Å². The van der Waals surface area contributed by atoms with E-state index in [0.29, 0.717) is 10.7 Å². The maximum Gasteiger partial charge on any atom is 0.573 e. The van der Waals surface area contributed by atoms with Crippen molar-refractivity contribution < 1.29 is 22.6 Å². The molecule has 11 heteroatoms. The molecule has 0 unspecified atom stereocenters. The molecule has 0 saturated carbocycles. The van der Waals surface area contributed by atoms with Gasteiger partial charge in [0.05, 0.1) is 17.4 Å². The van der Waals surface area contributed by atoms with E-state index in [2.05, 4.69) is 25.1 Å². The number of anilines is 1. The number of nitrogens with one attached hydrogen (secondary N) is 2. The van der Waals surface area contributed by atoms with Crippen LogP contribution in [0.25, 0.3) is 0 Å². The fourth-order valence-electron chi connectivity index (χ4n) is 1.57. The molecule has 132 valence electrons. The number of hydrogen-bond donors (Lipinski definition) is 2. The number of hydrogen-bond acceptors (Lipinski definition) is 7. The van der Waals surface area contributed by atoms with Crippen molar-refractivity contribution in [2.45, 2.75) is 6.36 Å². The Labute approximate surface area is 145 Å². The average Bonchev–Trinajstić information content (AvgIpc) is 2.55. The minimum Gasteiger partial charge on any atom is -0.457 e. The predicted molar refractivity (Wildman–Crippen MR) is 82.5 cm³/mol. The summed E-state index contributed by atoms with van der Waals surface area (Å²) in [5.41, 5.74) is 7.55. The molecule has 0 amide bonds. The molecule has 0 atom stereocenters. The molecule has 0 aliphatic heterocycles. The van der Waals surface area contributed by atoms with E-state index < -0.39 is 6.36 Å². The summed E-state index contributed by atoms with van der Waals surface area (Å²) in [6, 6.07) is 5.25. The van der Waals surface area contributed by atoms with Crippen LogP contribution in [-0.2, 0) is 0 Å². The first kappa shape index (κ1) is 18.5. The van der Waals surface area contributed by atoms with Gasteiger partial charge in [-0.3, -0.25) is 0 Å². The van der Waals surface area contributed by atoms with Gasteiger partial charge in [-0.05, 0) is 12.1 Å². The Balaban J connectivity index is 1.97. The van der Waals surface area contributed by atoms with Crippen molar-refractivity contribution in [2.24, 2.45) is 5.11 Å². The molecule has 0 bridgehead atoms. The number of ether oxygens (including phenoxy) is 2. The van der Waals surface area contributed by atoms with Gasteiger partial charge in [0.15, 0.2) is 0 Å². The van der Waals surface area contributed by atoms with E-state index in [4.69, 9.17) is 21.9 Å². The quantitative estimate of drug-likeness (QED) is 0.702. The lowest BCUT2D eigenvalue weighted by molar-refractivity contribution is -0.274. The molecule has 0 radical (unpaired) electrons. The highest BCUT2D eigenvalue weighted by molar-refractivity contribution is 6.30. The van der Waals surface area contributed by atoms with Gasteiger partial charge in [0.2, 0.25) is 0 Å². The molecule has 7 nitrogen and oxygen atoms in total. The van der Waals surface area contributed by atoms with Crippen LogP contribution in [0.3, 0.4) is 0 Å². The molecule has 1 heterocycles. The Kier molecular flexibility index (Phi) is 6.12. The lowest BCUT2D eigenvalue weighted by atomic mass is 10.3. The third-order valence-electron chi connectivity index (χ3n) is 2.56. The maximum absolute atomic E-state index is 12.2. The van der Waals surface area contributed by atoms with Crippen LogP contribution in [0.5, 0.6) is 11.8 Å². The van der Waals surface area contributed by atoms with Crippen molar-refractivity contribution in [1.29, 1.82) is 5.53 Å². The minimum atomic E-state index is -4.78. The summed E-state index contributed by atoms with van der Waals surface area (Å²) < 4.78 is 45.6. The van der Waals surface area contributed by atoms with E-state index in [-0.39, 0.29) is 24.1 Å². The molecule has 2 rings (SSSR count). The molecule has 1 aromatic carbocycles. The fraction of sp³-hybridized carbons (Fsp3) is 0.143. The van der Waals surface area contributed by atoms with Crippen molar-refractivity contribution in [3.63, 3.8) is 0 Å². The standard InChI is InChI=1S/C14H11ClF3N5O2/c15-9-5-21-13(22-6-9)24-8-11(23-19)7-20-10-2-1-3-12(4-10)25-14(16,17)18/h1-7,19-20H,8H2/b11-7-,23-19?. The summed E-state index contributed by atoms with van der Waals surface area (Å²) in [7, 11) is 0. The third kappa shape index (κ3) is 6.63. The normalized spacial score (nSPS) is 11.8. The van der Waals surface area contributed by atoms with Crippen molar-refractivity contribution in [3.8, 4) is 11.8 Å². The molecule has 25 heavy (non-hydrogen) atoms. The topological polar surface area (TPSA) is 92.5 Å². The van der Waals surface area contributed by atoms with Gasteiger partial charge in [-0.2, -0.15) is 5.11 Å². The van der Waals surface area contributed by atoms with E-state index in [0.717, 1.165) is 6.07 Å². The molecule has 2 aromatic rings. The van der Waals surface area contributed by atoms with Crippen molar-refractivity contribution in [3.05, 3.63) is 53.6 Å². The van der Waals surface area contributed by atoms with Crippen LogP contribution in [-0.4, -0.2) is 22.9 Å². The minimum absolute atomic E-state index is 0.0412. The van der Waals surface area contributed by atoms with Crippen LogP contribution in [0.4, 0.5) is 18.9 Å². The average molecular weight is 374 g/mol. The number of rotatable bonds is 7. The number of halogens is 4. The second-order valence-corrected chi connectivity index (χ2v) is 4.88. The number of benzene rings is 1. The van der Waals surface area contributed by atoms with Crippen LogP contribution in [0, 0.1) is 5.53 Å². The monoisotopic (exact) mass is 373 g/mol. The number of alkyl halides is 3. The van der Waals surface area contributed by atoms with E-state index in [9.17, 15) is 13.2 Å². The van der Waals surface area contributed by atoms with Crippen LogP contribution in [0.2, 0.25) is 5.02 Å². The zero-order valence-corrected chi connectivity index (χ0v) is 13.2.